The minimum Gasteiger partial charge on any atom is -0.392 e. The molecule has 106 valence electrons. The third-order valence-electron chi connectivity index (χ3n) is 3.59. The summed E-state index contributed by atoms with van der Waals surface area (Å²) in [5.74, 6) is 0. The average Bonchev–Trinajstić information content (AvgIpc) is 2.38. The van der Waals surface area contributed by atoms with E-state index in [1.807, 2.05) is 6.92 Å². The number of aromatic nitrogens is 1. The van der Waals surface area contributed by atoms with Crippen LogP contribution in [0.5, 0.6) is 0 Å². The molecule has 0 bridgehead atoms. The molecule has 5 nitrogen and oxygen atoms in total. The summed E-state index contributed by atoms with van der Waals surface area (Å²) in [5, 5.41) is 8.94. The van der Waals surface area contributed by atoms with Gasteiger partial charge in [0.25, 0.3) is 10.0 Å². The quantitative estimate of drug-likeness (QED) is 0.879. The maximum atomic E-state index is 12.3. The monoisotopic (exact) mass is 284 g/mol. The number of aliphatic hydroxyl groups is 1. The lowest BCUT2D eigenvalue weighted by molar-refractivity contribution is 0.281. The lowest BCUT2D eigenvalue weighted by Gasteiger charge is -2.33. The van der Waals surface area contributed by atoms with Gasteiger partial charge in [-0.2, -0.15) is 0 Å². The van der Waals surface area contributed by atoms with Crippen molar-refractivity contribution < 1.29 is 13.5 Å². The molecule has 0 spiro atoms. The molecular weight excluding hydrogens is 264 g/mol. The van der Waals surface area contributed by atoms with E-state index in [-0.39, 0.29) is 17.2 Å². The second-order valence-electron chi connectivity index (χ2n) is 5.39. The standard InChI is InChI=1S/C13H20N2O3S/c1-13(7-3-2-4-8-13)15-19(17,18)12-6-5-11(10-16)9-14-12/h5-6,9,15-16H,2-4,7-8,10H2,1H3. The first-order chi connectivity index (χ1) is 8.95. The Morgan fingerprint density at radius 2 is 2.00 bits per heavy atom. The van der Waals surface area contributed by atoms with Crippen LogP contribution in [0.2, 0.25) is 0 Å². The summed E-state index contributed by atoms with van der Waals surface area (Å²) in [4.78, 5) is 3.91. The maximum absolute atomic E-state index is 12.3. The highest BCUT2D eigenvalue weighted by Crippen LogP contribution is 2.29. The number of pyridine rings is 1. The smallest absolute Gasteiger partial charge is 0.258 e. The first kappa shape index (κ1) is 14.4. The summed E-state index contributed by atoms with van der Waals surface area (Å²) in [6, 6.07) is 3.00. The van der Waals surface area contributed by atoms with Gasteiger partial charge in [0.05, 0.1) is 6.61 Å². The molecule has 0 aliphatic heterocycles. The van der Waals surface area contributed by atoms with Gasteiger partial charge in [-0.3, -0.25) is 0 Å². The van der Waals surface area contributed by atoms with Crippen LogP contribution in [0, 0.1) is 0 Å². The van der Waals surface area contributed by atoms with Crippen molar-refractivity contribution in [3.63, 3.8) is 0 Å². The molecule has 2 rings (SSSR count). The lowest BCUT2D eigenvalue weighted by atomic mass is 9.84. The van der Waals surface area contributed by atoms with Crippen molar-refractivity contribution in [1.82, 2.24) is 9.71 Å². The second kappa shape index (κ2) is 5.56. The average molecular weight is 284 g/mol. The van der Waals surface area contributed by atoms with Crippen molar-refractivity contribution in [1.29, 1.82) is 0 Å². The number of hydrogen-bond acceptors (Lipinski definition) is 4. The third kappa shape index (κ3) is 3.52. The Morgan fingerprint density at radius 1 is 1.32 bits per heavy atom. The summed E-state index contributed by atoms with van der Waals surface area (Å²) in [7, 11) is -3.59. The summed E-state index contributed by atoms with van der Waals surface area (Å²) in [6.45, 7) is 1.81. The largest absolute Gasteiger partial charge is 0.392 e. The highest BCUT2D eigenvalue weighted by atomic mass is 32.2. The van der Waals surface area contributed by atoms with Crippen LogP contribution in [0.1, 0.15) is 44.6 Å². The molecule has 0 aromatic carbocycles. The predicted octanol–water partition coefficient (Wildman–Crippen LogP) is 1.58. The number of hydrogen-bond donors (Lipinski definition) is 2. The zero-order valence-corrected chi connectivity index (χ0v) is 11.9. The van der Waals surface area contributed by atoms with Gasteiger partial charge in [-0.25, -0.2) is 18.1 Å². The van der Waals surface area contributed by atoms with E-state index in [9.17, 15) is 8.42 Å². The minimum absolute atomic E-state index is 0.0106. The molecular formula is C13H20N2O3S. The van der Waals surface area contributed by atoms with E-state index in [1.54, 1.807) is 6.07 Å². The summed E-state index contributed by atoms with van der Waals surface area (Å²) >= 11 is 0. The number of sulfonamides is 1. The topological polar surface area (TPSA) is 79.3 Å². The molecule has 0 saturated heterocycles. The molecule has 1 aromatic heterocycles. The van der Waals surface area contributed by atoms with Gasteiger partial charge < -0.3 is 5.11 Å². The van der Waals surface area contributed by atoms with Gasteiger partial charge in [-0.1, -0.05) is 25.3 Å². The molecule has 1 fully saturated rings. The zero-order chi connectivity index (χ0) is 13.9. The summed E-state index contributed by atoms with van der Waals surface area (Å²) in [6.07, 6.45) is 6.38. The highest BCUT2D eigenvalue weighted by molar-refractivity contribution is 7.89. The van der Waals surface area contributed by atoms with Crippen LogP contribution in [-0.4, -0.2) is 24.0 Å². The van der Waals surface area contributed by atoms with Crippen molar-refractivity contribution in [2.24, 2.45) is 0 Å². The van der Waals surface area contributed by atoms with Gasteiger partial charge >= 0.3 is 0 Å². The minimum atomic E-state index is -3.59. The van der Waals surface area contributed by atoms with Gasteiger partial charge in [0, 0.05) is 11.7 Å². The van der Waals surface area contributed by atoms with Crippen LogP contribution in [0.25, 0.3) is 0 Å². The van der Waals surface area contributed by atoms with Gasteiger partial charge in [0.1, 0.15) is 0 Å². The summed E-state index contributed by atoms with van der Waals surface area (Å²) < 4.78 is 27.3. The van der Waals surface area contributed by atoms with E-state index in [2.05, 4.69) is 9.71 Å². The number of nitrogens with zero attached hydrogens (tertiary/aromatic N) is 1. The number of rotatable bonds is 4. The molecule has 1 aliphatic carbocycles. The molecule has 0 unspecified atom stereocenters. The third-order valence-corrected chi connectivity index (χ3v) is 5.15. The lowest BCUT2D eigenvalue weighted by Crippen LogP contribution is -2.47. The van der Waals surface area contributed by atoms with E-state index in [4.69, 9.17) is 5.11 Å². The van der Waals surface area contributed by atoms with Gasteiger partial charge in [-0.05, 0) is 31.4 Å². The van der Waals surface area contributed by atoms with Crippen LogP contribution in [0.15, 0.2) is 23.4 Å². The van der Waals surface area contributed by atoms with E-state index >= 15 is 0 Å². The Balaban J connectivity index is 2.17. The molecule has 0 atom stereocenters. The first-order valence-electron chi connectivity index (χ1n) is 6.55. The molecule has 0 amide bonds. The van der Waals surface area contributed by atoms with Crippen molar-refractivity contribution in [2.45, 2.75) is 56.2 Å². The molecule has 1 heterocycles. The fourth-order valence-electron chi connectivity index (χ4n) is 2.47. The second-order valence-corrected chi connectivity index (χ2v) is 7.02. The normalized spacial score (nSPS) is 19.3. The highest BCUT2D eigenvalue weighted by Gasteiger charge is 2.32. The Bertz CT molecular complexity index is 519. The Morgan fingerprint density at radius 3 is 2.53 bits per heavy atom. The van der Waals surface area contributed by atoms with E-state index in [0.29, 0.717) is 5.56 Å². The van der Waals surface area contributed by atoms with Crippen molar-refractivity contribution in [3.8, 4) is 0 Å². The van der Waals surface area contributed by atoms with Gasteiger partial charge in [0.15, 0.2) is 5.03 Å². The molecule has 1 aromatic rings. The SMILES string of the molecule is CC1(NS(=O)(=O)c2ccc(CO)cn2)CCCCC1. The Kier molecular flexibility index (Phi) is 4.23. The molecule has 19 heavy (non-hydrogen) atoms. The number of nitrogens with one attached hydrogen (secondary N) is 1. The van der Waals surface area contributed by atoms with Crippen LogP contribution < -0.4 is 4.72 Å². The summed E-state index contributed by atoms with van der Waals surface area (Å²) in [5.41, 5.74) is 0.233. The molecule has 6 heteroatoms. The van der Waals surface area contributed by atoms with Crippen molar-refractivity contribution in [3.05, 3.63) is 23.9 Å². The van der Waals surface area contributed by atoms with Crippen LogP contribution >= 0.6 is 0 Å². The molecule has 0 radical (unpaired) electrons. The van der Waals surface area contributed by atoms with E-state index in [0.717, 1.165) is 25.7 Å². The Labute approximate surface area is 114 Å². The number of aliphatic hydroxyl groups excluding tert-OH is 1. The maximum Gasteiger partial charge on any atom is 0.258 e. The van der Waals surface area contributed by atoms with Crippen molar-refractivity contribution in [2.75, 3.05) is 0 Å². The fraction of sp³-hybridized carbons (Fsp3) is 0.615. The first-order valence-corrected chi connectivity index (χ1v) is 8.03. The fourth-order valence-corrected chi connectivity index (χ4v) is 3.87. The Hall–Kier alpha value is -0.980. The van der Waals surface area contributed by atoms with Crippen LogP contribution in [-0.2, 0) is 16.6 Å². The van der Waals surface area contributed by atoms with Gasteiger partial charge in [-0.15, -0.1) is 0 Å². The van der Waals surface area contributed by atoms with Gasteiger partial charge in [0.2, 0.25) is 0 Å². The predicted molar refractivity (Wildman–Crippen MR) is 72.0 cm³/mol. The van der Waals surface area contributed by atoms with E-state index < -0.39 is 10.0 Å². The van der Waals surface area contributed by atoms with Crippen LogP contribution in [0.3, 0.4) is 0 Å². The molecule has 1 aliphatic rings. The molecule has 2 N–H and O–H groups in total. The molecule has 1 saturated carbocycles. The van der Waals surface area contributed by atoms with Crippen molar-refractivity contribution >= 4 is 10.0 Å². The van der Waals surface area contributed by atoms with E-state index in [1.165, 1.54) is 18.7 Å². The zero-order valence-electron chi connectivity index (χ0n) is 11.1. The van der Waals surface area contributed by atoms with Crippen LogP contribution in [0.4, 0.5) is 0 Å².